The molecule has 0 aliphatic carbocycles. The average Bonchev–Trinajstić information content (AvgIpc) is 3.24. The van der Waals surface area contributed by atoms with E-state index >= 15 is 0 Å². The van der Waals surface area contributed by atoms with E-state index in [2.05, 4.69) is 15.5 Å². The molecule has 0 aliphatic heterocycles. The second-order valence-electron chi connectivity index (χ2n) is 6.45. The van der Waals surface area contributed by atoms with E-state index in [1.165, 1.54) is 0 Å². The third-order valence-electron chi connectivity index (χ3n) is 4.52. The van der Waals surface area contributed by atoms with Gasteiger partial charge in [0.1, 0.15) is 5.69 Å². The lowest BCUT2D eigenvalue weighted by molar-refractivity contribution is 0.0526. The number of fused-ring (bicyclic) bond motifs is 1. The molecule has 4 rings (SSSR count). The number of nitrogens with zero attached hydrogens (tertiary/aromatic N) is 1. The van der Waals surface area contributed by atoms with Gasteiger partial charge in [0.05, 0.1) is 17.9 Å². The molecular weight excluding hydrogens is 366 g/mol. The van der Waals surface area contributed by atoms with E-state index in [9.17, 15) is 9.59 Å². The number of rotatable bonds is 5. The van der Waals surface area contributed by atoms with Crippen LogP contribution in [0.15, 0.2) is 72.8 Å². The van der Waals surface area contributed by atoms with Gasteiger partial charge in [0, 0.05) is 11.3 Å². The van der Waals surface area contributed by atoms with Gasteiger partial charge in [0.2, 0.25) is 0 Å². The Labute approximate surface area is 167 Å². The zero-order valence-electron chi connectivity index (χ0n) is 15.8. The molecule has 0 fully saturated rings. The Hall–Kier alpha value is -3.93. The number of anilines is 1. The lowest BCUT2D eigenvalue weighted by Gasteiger charge is -2.06. The number of ether oxygens (including phenoxy) is 1. The monoisotopic (exact) mass is 385 g/mol. The first-order valence-corrected chi connectivity index (χ1v) is 9.28. The Morgan fingerprint density at radius 2 is 1.79 bits per heavy atom. The topological polar surface area (TPSA) is 84.1 Å². The van der Waals surface area contributed by atoms with Crippen LogP contribution in [0.25, 0.3) is 22.0 Å². The molecule has 6 heteroatoms. The number of hydrogen-bond acceptors (Lipinski definition) is 4. The molecule has 0 bridgehead atoms. The van der Waals surface area contributed by atoms with Crippen LogP contribution in [0.4, 0.5) is 5.69 Å². The molecule has 1 amide bonds. The van der Waals surface area contributed by atoms with Crippen LogP contribution < -0.4 is 5.32 Å². The molecule has 1 aromatic heterocycles. The van der Waals surface area contributed by atoms with Crippen molar-refractivity contribution < 1.29 is 14.3 Å². The van der Waals surface area contributed by atoms with E-state index in [1.54, 1.807) is 37.3 Å². The summed E-state index contributed by atoms with van der Waals surface area (Å²) in [7, 11) is 0. The first-order valence-electron chi connectivity index (χ1n) is 9.28. The summed E-state index contributed by atoms with van der Waals surface area (Å²) >= 11 is 0. The van der Waals surface area contributed by atoms with Gasteiger partial charge in [-0.1, -0.05) is 48.5 Å². The van der Waals surface area contributed by atoms with Crippen molar-refractivity contribution in [3.8, 4) is 11.3 Å². The molecule has 3 aromatic carbocycles. The summed E-state index contributed by atoms with van der Waals surface area (Å²) in [5.41, 5.74) is 2.84. The number of amides is 1. The van der Waals surface area contributed by atoms with Crippen LogP contribution in [0.3, 0.4) is 0 Å². The zero-order valence-corrected chi connectivity index (χ0v) is 15.8. The van der Waals surface area contributed by atoms with Gasteiger partial charge in [-0.3, -0.25) is 9.89 Å². The van der Waals surface area contributed by atoms with Gasteiger partial charge in [0.15, 0.2) is 0 Å². The Kier molecular flexibility index (Phi) is 5.07. The third kappa shape index (κ3) is 3.87. The average molecular weight is 385 g/mol. The molecule has 2 N–H and O–H groups in total. The number of aromatic nitrogens is 2. The number of carbonyl (C=O) groups excluding carboxylic acids is 2. The first-order chi connectivity index (χ1) is 14.2. The minimum absolute atomic E-state index is 0.292. The Morgan fingerprint density at radius 1 is 1.00 bits per heavy atom. The van der Waals surface area contributed by atoms with Crippen molar-refractivity contribution >= 4 is 28.3 Å². The summed E-state index contributed by atoms with van der Waals surface area (Å²) in [4.78, 5) is 24.5. The van der Waals surface area contributed by atoms with Crippen molar-refractivity contribution in [3.05, 3.63) is 84.1 Å². The lowest BCUT2D eigenvalue weighted by Crippen LogP contribution is -2.13. The van der Waals surface area contributed by atoms with Gasteiger partial charge >= 0.3 is 5.97 Å². The van der Waals surface area contributed by atoms with Gasteiger partial charge in [-0.2, -0.15) is 5.10 Å². The maximum atomic E-state index is 12.6. The third-order valence-corrected chi connectivity index (χ3v) is 4.52. The van der Waals surface area contributed by atoms with Crippen molar-refractivity contribution in [1.82, 2.24) is 10.2 Å². The van der Waals surface area contributed by atoms with E-state index in [-0.39, 0.29) is 5.91 Å². The van der Waals surface area contributed by atoms with Crippen molar-refractivity contribution in [2.75, 3.05) is 11.9 Å². The molecule has 29 heavy (non-hydrogen) atoms. The summed E-state index contributed by atoms with van der Waals surface area (Å²) < 4.78 is 4.99. The molecule has 0 saturated carbocycles. The summed E-state index contributed by atoms with van der Waals surface area (Å²) in [6.45, 7) is 2.04. The van der Waals surface area contributed by atoms with Gasteiger partial charge in [-0.25, -0.2) is 4.79 Å². The van der Waals surface area contributed by atoms with Crippen LogP contribution in [-0.2, 0) is 4.74 Å². The second kappa shape index (κ2) is 7.98. The van der Waals surface area contributed by atoms with E-state index in [0.29, 0.717) is 29.2 Å². The fourth-order valence-electron chi connectivity index (χ4n) is 3.16. The predicted molar refractivity (Wildman–Crippen MR) is 112 cm³/mol. The fraction of sp³-hybridized carbons (Fsp3) is 0.0870. The molecule has 4 aromatic rings. The zero-order chi connectivity index (χ0) is 20.2. The van der Waals surface area contributed by atoms with Gasteiger partial charge in [-0.15, -0.1) is 0 Å². The highest BCUT2D eigenvalue weighted by atomic mass is 16.5. The number of hydrogen-bond donors (Lipinski definition) is 2. The Bertz CT molecular complexity index is 1190. The minimum Gasteiger partial charge on any atom is -0.462 e. The molecular formula is C23H19N3O3. The molecule has 0 unspecified atom stereocenters. The number of aromatic amines is 1. The molecule has 144 valence electrons. The number of benzene rings is 3. The van der Waals surface area contributed by atoms with Crippen LogP contribution in [-0.4, -0.2) is 28.7 Å². The molecule has 0 radical (unpaired) electrons. The lowest BCUT2D eigenvalue weighted by atomic mass is 10.0. The molecule has 0 atom stereocenters. The highest BCUT2D eigenvalue weighted by molar-refractivity contribution is 6.05. The van der Waals surface area contributed by atoms with Crippen LogP contribution >= 0.6 is 0 Å². The van der Waals surface area contributed by atoms with Crippen molar-refractivity contribution in [2.45, 2.75) is 6.92 Å². The quantitative estimate of drug-likeness (QED) is 0.490. The largest absolute Gasteiger partial charge is 0.462 e. The summed E-state index contributed by atoms with van der Waals surface area (Å²) in [5.74, 6) is -0.770. The predicted octanol–water partition coefficient (Wildman–Crippen LogP) is 4.66. The minimum atomic E-state index is -0.427. The van der Waals surface area contributed by atoms with Crippen LogP contribution in [0, 0.1) is 0 Å². The maximum Gasteiger partial charge on any atom is 0.338 e. The Balaban J connectivity index is 1.56. The van der Waals surface area contributed by atoms with E-state index in [0.717, 1.165) is 16.3 Å². The summed E-state index contributed by atoms with van der Waals surface area (Å²) in [6.07, 6.45) is 0. The van der Waals surface area contributed by atoms with E-state index in [4.69, 9.17) is 4.74 Å². The first kappa shape index (κ1) is 18.4. The van der Waals surface area contributed by atoms with E-state index in [1.807, 2.05) is 42.5 Å². The van der Waals surface area contributed by atoms with Crippen molar-refractivity contribution in [2.24, 2.45) is 0 Å². The fourth-order valence-corrected chi connectivity index (χ4v) is 3.16. The molecule has 0 spiro atoms. The second-order valence-corrected chi connectivity index (χ2v) is 6.45. The van der Waals surface area contributed by atoms with Gasteiger partial charge in [0.25, 0.3) is 5.91 Å². The van der Waals surface area contributed by atoms with Crippen LogP contribution in [0.5, 0.6) is 0 Å². The van der Waals surface area contributed by atoms with Crippen LogP contribution in [0.1, 0.15) is 27.8 Å². The number of nitrogens with one attached hydrogen (secondary N) is 2. The number of esters is 1. The standard InChI is InChI=1S/C23H19N3O3/c1-2-29-23(28)16-9-5-10-17(13-16)24-22(27)21-14-20(25-26-21)19-12-6-8-15-7-3-4-11-18(15)19/h3-14H,2H2,1H3,(H,24,27)(H,25,26). The number of carbonyl (C=O) groups is 2. The van der Waals surface area contributed by atoms with Crippen molar-refractivity contribution in [3.63, 3.8) is 0 Å². The normalized spacial score (nSPS) is 10.7. The van der Waals surface area contributed by atoms with Crippen LogP contribution in [0.2, 0.25) is 0 Å². The Morgan fingerprint density at radius 3 is 2.66 bits per heavy atom. The molecule has 0 saturated heterocycles. The maximum absolute atomic E-state index is 12.6. The number of H-pyrrole nitrogens is 1. The highest BCUT2D eigenvalue weighted by Gasteiger charge is 2.14. The smallest absolute Gasteiger partial charge is 0.338 e. The summed E-state index contributed by atoms with van der Waals surface area (Å²) in [5, 5.41) is 12.1. The highest BCUT2D eigenvalue weighted by Crippen LogP contribution is 2.27. The molecule has 0 aliphatic rings. The van der Waals surface area contributed by atoms with E-state index < -0.39 is 5.97 Å². The van der Waals surface area contributed by atoms with Gasteiger partial charge in [-0.05, 0) is 42.0 Å². The molecule has 1 heterocycles. The molecule has 6 nitrogen and oxygen atoms in total. The summed E-state index contributed by atoms with van der Waals surface area (Å²) in [6, 6.07) is 22.3. The van der Waals surface area contributed by atoms with Crippen molar-refractivity contribution in [1.29, 1.82) is 0 Å². The van der Waals surface area contributed by atoms with Gasteiger partial charge < -0.3 is 10.1 Å². The SMILES string of the molecule is CCOC(=O)c1cccc(NC(=O)c2cc(-c3cccc4ccccc34)n[nH]2)c1.